The summed E-state index contributed by atoms with van der Waals surface area (Å²) in [4.78, 5) is 8.81. The minimum absolute atomic E-state index is 0.426. The Hall–Kier alpha value is -1.31. The Morgan fingerprint density at radius 1 is 1.50 bits per heavy atom. The highest BCUT2D eigenvalue weighted by Gasteiger charge is 2.15. The van der Waals surface area contributed by atoms with Gasteiger partial charge in [0.15, 0.2) is 0 Å². The van der Waals surface area contributed by atoms with Crippen molar-refractivity contribution in [2.45, 2.75) is 6.92 Å². The number of benzene rings is 1. The molecule has 0 saturated heterocycles. The van der Waals surface area contributed by atoms with E-state index in [9.17, 15) is 0 Å². The van der Waals surface area contributed by atoms with Gasteiger partial charge in [0.1, 0.15) is 12.0 Å². The highest BCUT2D eigenvalue weighted by Crippen LogP contribution is 2.42. The molecule has 0 aromatic carbocycles. The lowest BCUT2D eigenvalue weighted by Gasteiger charge is -1.72. The molecule has 0 saturated carbocycles. The van der Waals surface area contributed by atoms with Crippen LogP contribution in [-0.2, 0) is 4.79 Å². The summed E-state index contributed by atoms with van der Waals surface area (Å²) in [5.41, 5.74) is 2.22. The van der Waals surface area contributed by atoms with Crippen LogP contribution in [0, 0.1) is 0 Å². The van der Waals surface area contributed by atoms with E-state index in [2.05, 4.69) is 0 Å². The van der Waals surface area contributed by atoms with Gasteiger partial charge in [-0.05, 0) is 24.6 Å². The van der Waals surface area contributed by atoms with Crippen molar-refractivity contribution in [1.29, 1.82) is 0 Å². The molecule has 0 heterocycles. The molecule has 2 rings (SSSR count). The Balaban J connectivity index is 0.000000148. The zero-order valence-corrected chi connectivity index (χ0v) is 5.66. The number of hydrogen-bond donors (Lipinski definition) is 1. The lowest BCUT2D eigenvalue weighted by molar-refractivity contribution is -0.106. The molecule has 0 amide bonds. The standard InChI is InChI=1S/C6H4O.C2H4O/c7-6-2-1-4-3-5(4)6;1-2-3/h1-3,7H;2H,1H3. The van der Waals surface area contributed by atoms with Crippen LogP contribution in [0.25, 0.3) is 11.1 Å². The van der Waals surface area contributed by atoms with Gasteiger partial charge in [-0.3, -0.25) is 0 Å². The molecule has 2 nitrogen and oxygen atoms in total. The monoisotopic (exact) mass is 136 g/mol. The van der Waals surface area contributed by atoms with Crippen LogP contribution in [0.5, 0.6) is 5.75 Å². The number of fused-ring (bicyclic) bond motifs is 1. The third-order valence-corrected chi connectivity index (χ3v) is 1.22. The molecule has 2 aliphatic rings. The molecule has 0 spiro atoms. The molecule has 2 heteroatoms. The van der Waals surface area contributed by atoms with Gasteiger partial charge in [0.2, 0.25) is 0 Å². The first kappa shape index (κ1) is 6.81. The number of hydrogen-bond acceptors (Lipinski definition) is 2. The van der Waals surface area contributed by atoms with Gasteiger partial charge in [0.05, 0.1) is 0 Å². The minimum Gasteiger partial charge on any atom is -0.507 e. The van der Waals surface area contributed by atoms with Crippen LogP contribution in [0.2, 0.25) is 0 Å². The van der Waals surface area contributed by atoms with Crippen molar-refractivity contribution < 1.29 is 9.90 Å². The quantitative estimate of drug-likeness (QED) is 0.558. The maximum absolute atomic E-state index is 8.81. The van der Waals surface area contributed by atoms with Crippen molar-refractivity contribution >= 4 is 6.29 Å². The molecule has 0 radical (unpaired) electrons. The lowest BCUT2D eigenvalue weighted by Crippen LogP contribution is -1.43. The van der Waals surface area contributed by atoms with Crippen molar-refractivity contribution in [3.05, 3.63) is 18.2 Å². The molecular weight excluding hydrogens is 128 g/mol. The normalized spacial score (nSPS) is 9.30. The maximum Gasteiger partial charge on any atom is 0.123 e. The number of aldehydes is 1. The van der Waals surface area contributed by atoms with Gasteiger partial charge in [-0.15, -0.1) is 0 Å². The van der Waals surface area contributed by atoms with Gasteiger partial charge in [-0.2, -0.15) is 0 Å². The van der Waals surface area contributed by atoms with Gasteiger partial charge < -0.3 is 9.90 Å². The van der Waals surface area contributed by atoms with Gasteiger partial charge in [0.25, 0.3) is 0 Å². The van der Waals surface area contributed by atoms with Crippen LogP contribution in [-0.4, -0.2) is 11.4 Å². The summed E-state index contributed by atoms with van der Waals surface area (Å²) in [7, 11) is 0. The topological polar surface area (TPSA) is 37.3 Å². The van der Waals surface area contributed by atoms with Crippen molar-refractivity contribution in [3.8, 4) is 16.9 Å². The van der Waals surface area contributed by atoms with Gasteiger partial charge in [0, 0.05) is 5.56 Å². The molecule has 10 heavy (non-hydrogen) atoms. The van der Waals surface area contributed by atoms with Crippen LogP contribution in [0.1, 0.15) is 6.92 Å². The van der Waals surface area contributed by atoms with Crippen LogP contribution in [0.3, 0.4) is 0 Å². The zero-order chi connectivity index (χ0) is 7.56. The second-order valence-electron chi connectivity index (χ2n) is 1.97. The van der Waals surface area contributed by atoms with Gasteiger partial charge in [-0.25, -0.2) is 0 Å². The first-order valence-electron chi connectivity index (χ1n) is 3.02. The third kappa shape index (κ3) is 1.16. The van der Waals surface area contributed by atoms with Crippen molar-refractivity contribution in [3.63, 3.8) is 0 Å². The van der Waals surface area contributed by atoms with Crippen LogP contribution in [0.4, 0.5) is 0 Å². The van der Waals surface area contributed by atoms with Crippen molar-refractivity contribution in [2.24, 2.45) is 0 Å². The Kier molecular flexibility index (Phi) is 1.71. The molecule has 0 aromatic rings. The predicted molar refractivity (Wildman–Crippen MR) is 38.8 cm³/mol. The van der Waals surface area contributed by atoms with E-state index in [0.717, 1.165) is 11.8 Å². The van der Waals surface area contributed by atoms with E-state index < -0.39 is 0 Å². The summed E-state index contributed by atoms with van der Waals surface area (Å²) in [5.74, 6) is 0.426. The molecule has 0 aliphatic heterocycles. The largest absolute Gasteiger partial charge is 0.507 e. The van der Waals surface area contributed by atoms with Gasteiger partial charge >= 0.3 is 0 Å². The second kappa shape index (κ2) is 2.52. The number of rotatable bonds is 0. The highest BCUT2D eigenvalue weighted by molar-refractivity contribution is 5.86. The zero-order valence-electron chi connectivity index (χ0n) is 5.66. The van der Waals surface area contributed by atoms with E-state index in [1.807, 2.05) is 12.1 Å². The summed E-state index contributed by atoms with van der Waals surface area (Å²) < 4.78 is 0. The number of phenols is 1. The summed E-state index contributed by atoms with van der Waals surface area (Å²) in [6.07, 6.45) is 0.750. The molecule has 1 N–H and O–H groups in total. The molecule has 0 fully saturated rings. The minimum atomic E-state index is 0.426. The Morgan fingerprint density at radius 2 is 2.10 bits per heavy atom. The first-order valence-corrected chi connectivity index (χ1v) is 3.02. The highest BCUT2D eigenvalue weighted by atomic mass is 16.3. The van der Waals surface area contributed by atoms with Crippen molar-refractivity contribution in [1.82, 2.24) is 0 Å². The summed E-state index contributed by atoms with van der Waals surface area (Å²) in [5, 5.41) is 8.78. The van der Waals surface area contributed by atoms with Crippen LogP contribution >= 0.6 is 0 Å². The molecule has 0 unspecified atom stereocenters. The first-order chi connectivity index (χ1) is 4.79. The fourth-order valence-electron chi connectivity index (χ4n) is 0.738. The SMILES string of the molecule is CC=O.Oc1ccc2cc1-2. The number of carbonyl (C=O) groups excluding carboxylic acids is 1. The van der Waals surface area contributed by atoms with Crippen molar-refractivity contribution in [2.75, 3.05) is 0 Å². The van der Waals surface area contributed by atoms with E-state index in [-0.39, 0.29) is 0 Å². The Morgan fingerprint density at radius 3 is 2.20 bits per heavy atom. The average molecular weight is 136 g/mol. The molecule has 0 aromatic heterocycles. The second-order valence-corrected chi connectivity index (χ2v) is 1.97. The summed E-state index contributed by atoms with van der Waals surface area (Å²) in [6, 6.07) is 5.57. The summed E-state index contributed by atoms with van der Waals surface area (Å²) >= 11 is 0. The smallest absolute Gasteiger partial charge is 0.123 e. The maximum atomic E-state index is 8.81. The molecular formula is C8H8O2. The lowest BCUT2D eigenvalue weighted by atomic mass is 10.5. The predicted octanol–water partition coefficient (Wildman–Crippen LogP) is 1.58. The molecule has 2 aliphatic carbocycles. The van der Waals surface area contributed by atoms with E-state index in [4.69, 9.17) is 9.90 Å². The van der Waals surface area contributed by atoms with E-state index in [1.54, 1.807) is 6.07 Å². The number of carbonyl (C=O) groups is 1. The van der Waals surface area contributed by atoms with Crippen LogP contribution < -0.4 is 0 Å². The number of aromatic hydroxyl groups is 1. The molecule has 0 bridgehead atoms. The van der Waals surface area contributed by atoms with E-state index >= 15 is 0 Å². The fourth-order valence-corrected chi connectivity index (χ4v) is 0.738. The summed E-state index contributed by atoms with van der Waals surface area (Å²) in [6.45, 7) is 1.44. The van der Waals surface area contributed by atoms with E-state index in [1.165, 1.54) is 12.5 Å². The Labute approximate surface area is 59.1 Å². The van der Waals surface area contributed by atoms with E-state index in [0.29, 0.717) is 5.75 Å². The fraction of sp³-hybridized carbons (Fsp3) is 0.125. The van der Waals surface area contributed by atoms with Crippen LogP contribution in [0.15, 0.2) is 18.2 Å². The Bertz CT molecular complexity index is 253. The average Bonchev–Trinajstić information content (AvgIpc) is 2.57. The number of phenolic OH excluding ortho intramolecular Hbond substituents is 1. The molecule has 0 atom stereocenters. The van der Waals surface area contributed by atoms with Gasteiger partial charge in [-0.1, -0.05) is 6.07 Å². The third-order valence-electron chi connectivity index (χ3n) is 1.22. The molecule has 52 valence electrons.